The Bertz CT molecular complexity index is 1300. The van der Waals surface area contributed by atoms with E-state index in [0.29, 0.717) is 33.8 Å². The molecule has 0 aliphatic rings. The Hall–Kier alpha value is -3.91. The van der Waals surface area contributed by atoms with Gasteiger partial charge in [0.15, 0.2) is 5.82 Å². The highest BCUT2D eigenvalue weighted by Gasteiger charge is 2.11. The SMILES string of the molecule is Cc1ccc(NC(=O)Nc2ccc(Oc3ccc(-n4nc(C)c(C)c4C)nn3)cc2)c(Cl)c1. The van der Waals surface area contributed by atoms with Crippen molar-refractivity contribution in [3.05, 3.63) is 82.1 Å². The van der Waals surface area contributed by atoms with Crippen molar-refractivity contribution in [2.24, 2.45) is 0 Å². The molecule has 0 saturated heterocycles. The number of urea groups is 1. The minimum Gasteiger partial charge on any atom is -0.438 e. The molecule has 0 saturated carbocycles. The molecule has 8 nitrogen and oxygen atoms in total. The number of hydrogen-bond donors (Lipinski definition) is 2. The van der Waals surface area contributed by atoms with E-state index in [1.165, 1.54) is 0 Å². The molecular weight excluding hydrogens is 440 g/mol. The number of rotatable bonds is 5. The van der Waals surface area contributed by atoms with Crippen LogP contribution < -0.4 is 15.4 Å². The lowest BCUT2D eigenvalue weighted by molar-refractivity contribution is 0.262. The number of carbonyl (C=O) groups excluding carboxylic acids is 1. The van der Waals surface area contributed by atoms with E-state index in [0.717, 1.165) is 22.5 Å². The van der Waals surface area contributed by atoms with Gasteiger partial charge in [0.2, 0.25) is 5.88 Å². The minimum atomic E-state index is -0.393. The van der Waals surface area contributed by atoms with Gasteiger partial charge in [-0.1, -0.05) is 17.7 Å². The van der Waals surface area contributed by atoms with Gasteiger partial charge in [-0.15, -0.1) is 10.2 Å². The van der Waals surface area contributed by atoms with Crippen LogP contribution in [0.2, 0.25) is 5.02 Å². The molecule has 0 aliphatic carbocycles. The molecule has 0 aliphatic heterocycles. The molecule has 0 radical (unpaired) electrons. The molecule has 2 amide bonds. The van der Waals surface area contributed by atoms with Gasteiger partial charge in [0.25, 0.3) is 0 Å². The molecule has 4 rings (SSSR count). The van der Waals surface area contributed by atoms with Crippen molar-refractivity contribution in [1.82, 2.24) is 20.0 Å². The summed E-state index contributed by atoms with van der Waals surface area (Å²) in [6.45, 7) is 7.91. The molecule has 0 unspecified atom stereocenters. The van der Waals surface area contributed by atoms with Gasteiger partial charge >= 0.3 is 6.03 Å². The van der Waals surface area contributed by atoms with Crippen molar-refractivity contribution in [3.8, 4) is 17.4 Å². The first-order valence-electron chi connectivity index (χ1n) is 10.3. The van der Waals surface area contributed by atoms with Gasteiger partial charge in [-0.2, -0.15) is 5.10 Å². The van der Waals surface area contributed by atoms with E-state index in [4.69, 9.17) is 16.3 Å². The Morgan fingerprint density at radius 1 is 0.939 bits per heavy atom. The van der Waals surface area contributed by atoms with E-state index >= 15 is 0 Å². The van der Waals surface area contributed by atoms with Crippen LogP contribution >= 0.6 is 11.6 Å². The quantitative estimate of drug-likeness (QED) is 0.380. The van der Waals surface area contributed by atoms with E-state index in [9.17, 15) is 4.79 Å². The minimum absolute atomic E-state index is 0.351. The number of halogens is 1. The predicted octanol–water partition coefficient (Wildman–Crippen LogP) is 5.99. The summed E-state index contributed by atoms with van der Waals surface area (Å²) in [6, 6.07) is 15.5. The number of anilines is 2. The topological polar surface area (TPSA) is 94.0 Å². The number of ether oxygens (including phenoxy) is 1. The summed E-state index contributed by atoms with van der Waals surface area (Å²) in [6.07, 6.45) is 0. The lowest BCUT2D eigenvalue weighted by atomic mass is 10.2. The maximum absolute atomic E-state index is 12.3. The van der Waals surface area contributed by atoms with E-state index in [2.05, 4.69) is 25.9 Å². The van der Waals surface area contributed by atoms with Crippen molar-refractivity contribution in [1.29, 1.82) is 0 Å². The Labute approximate surface area is 196 Å². The zero-order valence-electron chi connectivity index (χ0n) is 18.7. The first kappa shape index (κ1) is 22.3. The van der Waals surface area contributed by atoms with Crippen LogP contribution in [-0.2, 0) is 0 Å². The van der Waals surface area contributed by atoms with Crippen molar-refractivity contribution in [2.45, 2.75) is 27.7 Å². The Morgan fingerprint density at radius 2 is 1.70 bits per heavy atom. The Kier molecular flexibility index (Phi) is 6.28. The third-order valence-electron chi connectivity index (χ3n) is 5.20. The Morgan fingerprint density at radius 3 is 2.30 bits per heavy atom. The molecule has 0 fully saturated rings. The van der Waals surface area contributed by atoms with Gasteiger partial charge in [0.05, 0.1) is 16.4 Å². The molecule has 2 aromatic carbocycles. The molecule has 2 heterocycles. The largest absolute Gasteiger partial charge is 0.438 e. The van der Waals surface area contributed by atoms with E-state index in [1.54, 1.807) is 53.2 Å². The van der Waals surface area contributed by atoms with Gasteiger partial charge in [-0.25, -0.2) is 9.48 Å². The summed E-state index contributed by atoms with van der Waals surface area (Å²) in [4.78, 5) is 12.3. The summed E-state index contributed by atoms with van der Waals surface area (Å²) < 4.78 is 7.52. The summed E-state index contributed by atoms with van der Waals surface area (Å²) in [5.74, 6) is 1.53. The van der Waals surface area contributed by atoms with Crippen LogP contribution in [0.1, 0.15) is 22.5 Å². The first-order chi connectivity index (χ1) is 15.8. The number of nitrogens with one attached hydrogen (secondary N) is 2. The highest BCUT2D eigenvalue weighted by Crippen LogP contribution is 2.24. The van der Waals surface area contributed by atoms with Gasteiger partial charge in [-0.05, 0) is 81.3 Å². The second-order valence-electron chi connectivity index (χ2n) is 7.63. The second kappa shape index (κ2) is 9.30. The zero-order valence-corrected chi connectivity index (χ0v) is 19.4. The average Bonchev–Trinajstić information content (AvgIpc) is 3.05. The smallest absolute Gasteiger partial charge is 0.323 e. The lowest BCUT2D eigenvalue weighted by Crippen LogP contribution is -2.19. The van der Waals surface area contributed by atoms with Crippen LogP contribution in [0, 0.1) is 27.7 Å². The fourth-order valence-electron chi connectivity index (χ4n) is 3.16. The number of carbonyl (C=O) groups is 1. The number of aromatic nitrogens is 4. The molecule has 0 bridgehead atoms. The van der Waals surface area contributed by atoms with E-state index < -0.39 is 6.03 Å². The van der Waals surface area contributed by atoms with Gasteiger partial charge in [0, 0.05) is 17.4 Å². The molecule has 2 N–H and O–H groups in total. The lowest BCUT2D eigenvalue weighted by Gasteiger charge is -2.10. The summed E-state index contributed by atoms with van der Waals surface area (Å²) in [5, 5.41) is 18.8. The molecule has 33 heavy (non-hydrogen) atoms. The van der Waals surface area contributed by atoms with E-state index in [-0.39, 0.29) is 0 Å². The van der Waals surface area contributed by atoms with Crippen molar-refractivity contribution >= 4 is 29.0 Å². The fourth-order valence-corrected chi connectivity index (χ4v) is 3.44. The van der Waals surface area contributed by atoms with Gasteiger partial charge < -0.3 is 15.4 Å². The third-order valence-corrected chi connectivity index (χ3v) is 5.52. The maximum Gasteiger partial charge on any atom is 0.323 e. The second-order valence-corrected chi connectivity index (χ2v) is 8.03. The molecule has 4 aromatic rings. The monoisotopic (exact) mass is 462 g/mol. The summed E-state index contributed by atoms with van der Waals surface area (Å²) >= 11 is 6.16. The Balaban J connectivity index is 1.37. The fraction of sp³-hybridized carbons (Fsp3) is 0.167. The third kappa shape index (κ3) is 5.12. The number of aryl methyl sites for hydroxylation is 2. The number of benzene rings is 2. The standard InChI is InChI=1S/C24H23ClN6O2/c1-14-5-10-21(20(25)13-14)27-24(32)26-18-6-8-19(9-7-18)33-23-12-11-22(28-29-23)31-17(4)15(2)16(3)30-31/h5-13H,1-4H3,(H2,26,27,32). The molecular formula is C24H23ClN6O2. The number of amides is 2. The average molecular weight is 463 g/mol. The number of nitrogens with zero attached hydrogens (tertiary/aromatic N) is 4. The predicted molar refractivity (Wildman–Crippen MR) is 129 cm³/mol. The zero-order chi connectivity index (χ0) is 23.5. The van der Waals surface area contributed by atoms with Gasteiger partial charge in [-0.3, -0.25) is 0 Å². The van der Waals surface area contributed by atoms with Crippen LogP contribution in [0.5, 0.6) is 11.6 Å². The van der Waals surface area contributed by atoms with Crippen molar-refractivity contribution in [2.75, 3.05) is 10.6 Å². The summed E-state index contributed by atoms with van der Waals surface area (Å²) in [5.41, 5.74) is 5.26. The number of hydrogen-bond acceptors (Lipinski definition) is 5. The molecule has 0 atom stereocenters. The van der Waals surface area contributed by atoms with Crippen LogP contribution in [0.4, 0.5) is 16.2 Å². The van der Waals surface area contributed by atoms with Crippen LogP contribution in [0.25, 0.3) is 5.82 Å². The van der Waals surface area contributed by atoms with Crippen molar-refractivity contribution in [3.63, 3.8) is 0 Å². The highest BCUT2D eigenvalue weighted by atomic mass is 35.5. The van der Waals surface area contributed by atoms with E-state index in [1.807, 2.05) is 33.8 Å². The molecule has 2 aromatic heterocycles. The first-order valence-corrected chi connectivity index (χ1v) is 10.7. The maximum atomic E-state index is 12.3. The summed E-state index contributed by atoms with van der Waals surface area (Å²) in [7, 11) is 0. The normalized spacial score (nSPS) is 10.7. The van der Waals surface area contributed by atoms with Crippen LogP contribution in [0.15, 0.2) is 54.6 Å². The van der Waals surface area contributed by atoms with Crippen molar-refractivity contribution < 1.29 is 9.53 Å². The van der Waals surface area contributed by atoms with Crippen LogP contribution in [-0.4, -0.2) is 26.0 Å². The molecule has 9 heteroatoms. The molecule has 0 spiro atoms. The molecule has 168 valence electrons. The van der Waals surface area contributed by atoms with Crippen LogP contribution in [0.3, 0.4) is 0 Å². The van der Waals surface area contributed by atoms with Gasteiger partial charge in [0.1, 0.15) is 5.75 Å². The highest BCUT2D eigenvalue weighted by molar-refractivity contribution is 6.33.